The Morgan fingerprint density at radius 1 is 1.16 bits per heavy atom. The third-order valence-corrected chi connectivity index (χ3v) is 3.77. The zero-order chi connectivity index (χ0) is 13.7. The third kappa shape index (κ3) is 4.82. The van der Waals surface area contributed by atoms with Crippen LogP contribution < -0.4 is 5.32 Å². The molecule has 0 radical (unpaired) electrons. The molecule has 0 heterocycles. The second-order valence-electron chi connectivity index (χ2n) is 5.49. The van der Waals surface area contributed by atoms with Gasteiger partial charge < -0.3 is 10.1 Å². The van der Waals surface area contributed by atoms with Crippen LogP contribution in [-0.2, 0) is 14.3 Å². The summed E-state index contributed by atoms with van der Waals surface area (Å²) in [5.74, 6) is -0.189. The number of amides is 1. The standard InChI is InChI=1S/C14H24N2O3/c1-2-19-14(18)10-16(12-7-8-12)9-13(17)15-11-5-3-4-6-11/h11-12H,2-10H2,1H3,(H,15,17). The molecule has 0 bridgehead atoms. The van der Waals surface area contributed by atoms with Crippen LogP contribution in [0.5, 0.6) is 0 Å². The first kappa shape index (κ1) is 14.3. The van der Waals surface area contributed by atoms with Gasteiger partial charge in [0.05, 0.1) is 19.7 Å². The van der Waals surface area contributed by atoms with Gasteiger partial charge in [0.25, 0.3) is 0 Å². The molecular weight excluding hydrogens is 244 g/mol. The van der Waals surface area contributed by atoms with E-state index in [4.69, 9.17) is 4.74 Å². The van der Waals surface area contributed by atoms with Gasteiger partial charge in [0, 0.05) is 12.1 Å². The zero-order valence-corrected chi connectivity index (χ0v) is 11.7. The number of hydrogen-bond acceptors (Lipinski definition) is 4. The highest BCUT2D eigenvalue weighted by molar-refractivity contribution is 5.79. The lowest BCUT2D eigenvalue weighted by molar-refractivity contribution is -0.144. The molecule has 19 heavy (non-hydrogen) atoms. The molecular formula is C14H24N2O3. The number of ether oxygens (including phenoxy) is 1. The lowest BCUT2D eigenvalue weighted by Gasteiger charge is -2.21. The summed E-state index contributed by atoms with van der Waals surface area (Å²) in [5, 5.41) is 3.06. The van der Waals surface area contributed by atoms with Crippen molar-refractivity contribution in [2.75, 3.05) is 19.7 Å². The van der Waals surface area contributed by atoms with Crippen LogP contribution in [0.2, 0.25) is 0 Å². The van der Waals surface area contributed by atoms with Crippen molar-refractivity contribution in [3.63, 3.8) is 0 Å². The van der Waals surface area contributed by atoms with Gasteiger partial charge >= 0.3 is 5.97 Å². The molecule has 0 aromatic heterocycles. The molecule has 2 saturated carbocycles. The highest BCUT2D eigenvalue weighted by Crippen LogP contribution is 2.26. The minimum absolute atomic E-state index is 0.0445. The minimum atomic E-state index is -0.233. The summed E-state index contributed by atoms with van der Waals surface area (Å²) in [6.07, 6.45) is 6.76. The highest BCUT2D eigenvalue weighted by atomic mass is 16.5. The maximum Gasteiger partial charge on any atom is 0.320 e. The number of esters is 1. The number of carbonyl (C=O) groups is 2. The second-order valence-corrected chi connectivity index (χ2v) is 5.49. The predicted octanol–water partition coefficient (Wildman–Crippen LogP) is 1.07. The van der Waals surface area contributed by atoms with Crippen molar-refractivity contribution in [2.45, 2.75) is 57.5 Å². The Balaban J connectivity index is 1.75. The fraction of sp³-hybridized carbons (Fsp3) is 0.857. The van der Waals surface area contributed by atoms with Crippen LogP contribution in [0, 0.1) is 0 Å². The summed E-state index contributed by atoms with van der Waals surface area (Å²) >= 11 is 0. The fourth-order valence-corrected chi connectivity index (χ4v) is 2.65. The molecule has 0 saturated heterocycles. The van der Waals surface area contributed by atoms with E-state index in [0.29, 0.717) is 25.2 Å². The van der Waals surface area contributed by atoms with Crippen LogP contribution in [-0.4, -0.2) is 48.6 Å². The lowest BCUT2D eigenvalue weighted by atomic mass is 10.2. The first-order valence-electron chi connectivity index (χ1n) is 7.38. The van der Waals surface area contributed by atoms with Crippen molar-refractivity contribution in [1.29, 1.82) is 0 Å². The Hall–Kier alpha value is -1.10. The number of nitrogens with zero attached hydrogens (tertiary/aromatic N) is 1. The molecule has 0 aromatic rings. The smallest absolute Gasteiger partial charge is 0.320 e. The van der Waals surface area contributed by atoms with E-state index in [0.717, 1.165) is 25.7 Å². The van der Waals surface area contributed by atoms with E-state index in [1.807, 2.05) is 4.90 Å². The van der Waals surface area contributed by atoms with Crippen LogP contribution in [0.3, 0.4) is 0 Å². The Labute approximate surface area is 114 Å². The molecule has 2 rings (SSSR count). The first-order chi connectivity index (χ1) is 9.19. The molecule has 0 aromatic carbocycles. The Bertz CT molecular complexity index is 323. The van der Waals surface area contributed by atoms with E-state index in [-0.39, 0.29) is 18.4 Å². The summed E-state index contributed by atoms with van der Waals surface area (Å²) in [6.45, 7) is 2.74. The number of hydrogen-bond donors (Lipinski definition) is 1. The molecule has 5 nitrogen and oxygen atoms in total. The van der Waals surface area contributed by atoms with Gasteiger partial charge in [-0.1, -0.05) is 12.8 Å². The van der Waals surface area contributed by atoms with Gasteiger partial charge in [0.1, 0.15) is 0 Å². The van der Waals surface area contributed by atoms with Crippen LogP contribution >= 0.6 is 0 Å². The summed E-state index contributed by atoms with van der Waals surface area (Å²) in [7, 11) is 0. The SMILES string of the molecule is CCOC(=O)CN(CC(=O)NC1CCCC1)C1CC1. The molecule has 1 N–H and O–H groups in total. The van der Waals surface area contributed by atoms with Crippen molar-refractivity contribution in [1.82, 2.24) is 10.2 Å². The summed E-state index contributed by atoms with van der Waals surface area (Å²) < 4.78 is 4.95. The molecule has 2 fully saturated rings. The van der Waals surface area contributed by atoms with Crippen LogP contribution in [0.1, 0.15) is 45.4 Å². The van der Waals surface area contributed by atoms with Crippen LogP contribution in [0.25, 0.3) is 0 Å². The van der Waals surface area contributed by atoms with Gasteiger partial charge in [-0.25, -0.2) is 0 Å². The largest absolute Gasteiger partial charge is 0.465 e. The summed E-state index contributed by atoms with van der Waals surface area (Å²) in [6, 6.07) is 0.731. The van der Waals surface area contributed by atoms with Crippen molar-refractivity contribution in [3.8, 4) is 0 Å². The van der Waals surface area contributed by atoms with Crippen molar-refractivity contribution in [2.24, 2.45) is 0 Å². The molecule has 0 spiro atoms. The maximum absolute atomic E-state index is 12.0. The number of carbonyl (C=O) groups excluding carboxylic acids is 2. The van der Waals surface area contributed by atoms with Gasteiger partial charge in [0.2, 0.25) is 5.91 Å². The van der Waals surface area contributed by atoms with Gasteiger partial charge in [-0.15, -0.1) is 0 Å². The first-order valence-corrected chi connectivity index (χ1v) is 7.38. The van der Waals surface area contributed by atoms with Crippen LogP contribution in [0.15, 0.2) is 0 Å². The van der Waals surface area contributed by atoms with E-state index >= 15 is 0 Å². The molecule has 5 heteroatoms. The maximum atomic E-state index is 12.0. The highest BCUT2D eigenvalue weighted by Gasteiger charge is 2.32. The van der Waals surface area contributed by atoms with Crippen molar-refractivity contribution >= 4 is 11.9 Å². The topological polar surface area (TPSA) is 58.6 Å². The van der Waals surface area contributed by atoms with E-state index in [9.17, 15) is 9.59 Å². The predicted molar refractivity (Wildman–Crippen MR) is 71.6 cm³/mol. The van der Waals surface area contributed by atoms with E-state index in [1.165, 1.54) is 12.8 Å². The average molecular weight is 268 g/mol. The number of rotatable bonds is 7. The minimum Gasteiger partial charge on any atom is -0.465 e. The molecule has 2 aliphatic rings. The second kappa shape index (κ2) is 6.89. The number of nitrogens with one attached hydrogen (secondary N) is 1. The van der Waals surface area contributed by atoms with E-state index in [2.05, 4.69) is 5.32 Å². The van der Waals surface area contributed by atoms with Gasteiger partial charge in [-0.2, -0.15) is 0 Å². The lowest BCUT2D eigenvalue weighted by Crippen LogP contribution is -2.44. The zero-order valence-electron chi connectivity index (χ0n) is 11.7. The molecule has 2 aliphatic carbocycles. The molecule has 1 amide bonds. The molecule has 108 valence electrons. The van der Waals surface area contributed by atoms with Crippen molar-refractivity contribution in [3.05, 3.63) is 0 Å². The summed E-state index contributed by atoms with van der Waals surface area (Å²) in [4.78, 5) is 25.4. The van der Waals surface area contributed by atoms with Gasteiger partial charge in [0.15, 0.2) is 0 Å². The van der Waals surface area contributed by atoms with E-state index in [1.54, 1.807) is 6.92 Å². The van der Waals surface area contributed by atoms with Crippen LogP contribution in [0.4, 0.5) is 0 Å². The Morgan fingerprint density at radius 2 is 1.84 bits per heavy atom. The Morgan fingerprint density at radius 3 is 2.42 bits per heavy atom. The normalized spacial score (nSPS) is 19.7. The Kier molecular flexibility index (Phi) is 5.19. The fourth-order valence-electron chi connectivity index (χ4n) is 2.65. The monoisotopic (exact) mass is 268 g/mol. The third-order valence-electron chi connectivity index (χ3n) is 3.77. The van der Waals surface area contributed by atoms with Crippen molar-refractivity contribution < 1.29 is 14.3 Å². The molecule has 0 aliphatic heterocycles. The average Bonchev–Trinajstić information content (AvgIpc) is 3.08. The molecule has 0 unspecified atom stereocenters. The van der Waals surface area contributed by atoms with Gasteiger partial charge in [-0.3, -0.25) is 14.5 Å². The quantitative estimate of drug-likeness (QED) is 0.702. The van der Waals surface area contributed by atoms with E-state index < -0.39 is 0 Å². The van der Waals surface area contributed by atoms with Gasteiger partial charge in [-0.05, 0) is 32.6 Å². The molecule has 0 atom stereocenters. The summed E-state index contributed by atoms with van der Waals surface area (Å²) in [5.41, 5.74) is 0.